The summed E-state index contributed by atoms with van der Waals surface area (Å²) in [6, 6.07) is 4.47. The molecule has 0 aliphatic rings. The van der Waals surface area contributed by atoms with Crippen molar-refractivity contribution in [3.8, 4) is 11.5 Å². The summed E-state index contributed by atoms with van der Waals surface area (Å²) in [5.74, 6) is -0.213. The van der Waals surface area contributed by atoms with Crippen molar-refractivity contribution in [2.75, 3.05) is 18.5 Å². The lowest BCUT2D eigenvalue weighted by Gasteiger charge is -2.28. The summed E-state index contributed by atoms with van der Waals surface area (Å²) in [5, 5.41) is 13.4. The van der Waals surface area contributed by atoms with Crippen LogP contribution in [0.25, 0.3) is 0 Å². The molecule has 0 saturated carbocycles. The van der Waals surface area contributed by atoms with E-state index >= 15 is 0 Å². The standard InChI is InChI=1S/C18H21F3N2O4S/c1-4-26-13-7-6-12(8-14(13)27-5-2)23-15(24)9-17(25,18(19,20)21)16-22-11(3)10-28-16/h6-8,10,25H,4-5,9H2,1-3H3,(H,23,24). The van der Waals surface area contributed by atoms with Crippen LogP contribution in [0.3, 0.4) is 0 Å². The summed E-state index contributed by atoms with van der Waals surface area (Å²) in [6.07, 6.45) is -6.29. The molecule has 2 aromatic rings. The number of halogens is 3. The number of rotatable bonds is 8. The summed E-state index contributed by atoms with van der Waals surface area (Å²) in [4.78, 5) is 16.0. The van der Waals surface area contributed by atoms with Gasteiger partial charge < -0.3 is 19.9 Å². The fraction of sp³-hybridized carbons (Fsp3) is 0.444. The van der Waals surface area contributed by atoms with E-state index in [1.54, 1.807) is 19.9 Å². The number of nitrogens with zero attached hydrogens (tertiary/aromatic N) is 1. The third-order valence-corrected chi connectivity index (χ3v) is 4.80. The summed E-state index contributed by atoms with van der Waals surface area (Å²) >= 11 is 0.650. The van der Waals surface area contributed by atoms with Gasteiger partial charge in [0.15, 0.2) is 11.5 Å². The van der Waals surface area contributed by atoms with E-state index in [0.29, 0.717) is 41.7 Å². The first kappa shape index (κ1) is 22.0. The molecule has 28 heavy (non-hydrogen) atoms. The fourth-order valence-electron chi connectivity index (χ4n) is 2.41. The van der Waals surface area contributed by atoms with Crippen molar-refractivity contribution in [3.63, 3.8) is 0 Å². The molecule has 0 aliphatic carbocycles. The minimum Gasteiger partial charge on any atom is -0.490 e. The molecular weight excluding hydrogens is 397 g/mol. The van der Waals surface area contributed by atoms with E-state index in [-0.39, 0.29) is 5.69 Å². The van der Waals surface area contributed by atoms with Gasteiger partial charge in [-0.15, -0.1) is 11.3 Å². The average molecular weight is 418 g/mol. The fourth-order valence-corrected chi connectivity index (χ4v) is 3.32. The average Bonchev–Trinajstić information content (AvgIpc) is 3.03. The molecule has 0 bridgehead atoms. The van der Waals surface area contributed by atoms with E-state index in [2.05, 4.69) is 10.3 Å². The van der Waals surface area contributed by atoms with E-state index in [4.69, 9.17) is 9.47 Å². The Labute approximate surface area is 164 Å². The molecule has 154 valence electrons. The number of alkyl halides is 3. The van der Waals surface area contributed by atoms with Crippen molar-refractivity contribution < 1.29 is 32.5 Å². The maximum absolute atomic E-state index is 13.5. The molecule has 1 heterocycles. The molecule has 1 aromatic carbocycles. The molecule has 0 radical (unpaired) electrons. The lowest BCUT2D eigenvalue weighted by molar-refractivity contribution is -0.266. The van der Waals surface area contributed by atoms with Gasteiger partial charge in [0.2, 0.25) is 11.5 Å². The maximum Gasteiger partial charge on any atom is 0.424 e. The number of amides is 1. The predicted molar refractivity (Wildman–Crippen MR) is 98.8 cm³/mol. The van der Waals surface area contributed by atoms with E-state index in [0.717, 1.165) is 0 Å². The lowest BCUT2D eigenvalue weighted by atomic mass is 9.99. The third-order valence-electron chi connectivity index (χ3n) is 3.69. The summed E-state index contributed by atoms with van der Waals surface area (Å²) in [5.41, 5.74) is -2.82. The first-order chi connectivity index (χ1) is 13.1. The van der Waals surface area contributed by atoms with Gasteiger partial charge in [-0.05, 0) is 32.9 Å². The topological polar surface area (TPSA) is 80.7 Å². The smallest absolute Gasteiger partial charge is 0.424 e. The summed E-state index contributed by atoms with van der Waals surface area (Å²) in [7, 11) is 0. The number of carbonyl (C=O) groups is 1. The number of ether oxygens (including phenoxy) is 2. The second-order valence-corrected chi connectivity index (χ2v) is 6.76. The van der Waals surface area contributed by atoms with Crippen LogP contribution in [0.1, 0.15) is 31.0 Å². The van der Waals surface area contributed by atoms with E-state index in [1.165, 1.54) is 24.4 Å². The zero-order valence-corrected chi connectivity index (χ0v) is 16.4. The molecule has 0 spiro atoms. The molecular formula is C18H21F3N2O4S. The van der Waals surface area contributed by atoms with Gasteiger partial charge in [0.25, 0.3) is 0 Å². The number of aliphatic hydroxyl groups is 1. The Bertz CT molecular complexity index is 825. The van der Waals surface area contributed by atoms with Crippen LogP contribution in [0.4, 0.5) is 18.9 Å². The van der Waals surface area contributed by atoms with E-state index in [9.17, 15) is 23.1 Å². The number of anilines is 1. The maximum atomic E-state index is 13.5. The number of hydrogen-bond acceptors (Lipinski definition) is 6. The van der Waals surface area contributed by atoms with E-state index < -0.39 is 29.1 Å². The minimum absolute atomic E-state index is 0.219. The van der Waals surface area contributed by atoms with Crippen molar-refractivity contribution in [1.29, 1.82) is 0 Å². The van der Waals surface area contributed by atoms with Crippen LogP contribution in [0, 0.1) is 6.92 Å². The van der Waals surface area contributed by atoms with Gasteiger partial charge in [-0.2, -0.15) is 13.2 Å². The molecule has 6 nitrogen and oxygen atoms in total. The zero-order valence-electron chi connectivity index (χ0n) is 15.6. The van der Waals surface area contributed by atoms with Crippen LogP contribution in [-0.4, -0.2) is 35.4 Å². The molecule has 0 saturated heterocycles. The zero-order chi connectivity index (χ0) is 20.9. The lowest BCUT2D eigenvalue weighted by Crippen LogP contribution is -2.45. The van der Waals surface area contributed by atoms with Crippen LogP contribution in [-0.2, 0) is 10.4 Å². The first-order valence-corrected chi connectivity index (χ1v) is 9.39. The Balaban J connectivity index is 2.22. The number of hydrogen-bond donors (Lipinski definition) is 2. The van der Waals surface area contributed by atoms with Crippen molar-refractivity contribution in [2.24, 2.45) is 0 Å². The molecule has 0 fully saturated rings. The second kappa shape index (κ2) is 8.78. The Morgan fingerprint density at radius 3 is 2.39 bits per heavy atom. The van der Waals surface area contributed by atoms with Gasteiger partial charge in [-0.3, -0.25) is 4.79 Å². The number of carbonyl (C=O) groups excluding carboxylic acids is 1. The highest BCUT2D eigenvalue weighted by atomic mass is 32.1. The number of benzene rings is 1. The first-order valence-electron chi connectivity index (χ1n) is 8.52. The van der Waals surface area contributed by atoms with Gasteiger partial charge in [0.05, 0.1) is 19.6 Å². The number of aryl methyl sites for hydroxylation is 1. The Morgan fingerprint density at radius 2 is 1.86 bits per heavy atom. The molecule has 10 heteroatoms. The molecule has 1 unspecified atom stereocenters. The Hall–Kier alpha value is -2.33. The largest absolute Gasteiger partial charge is 0.490 e. The van der Waals surface area contributed by atoms with Gasteiger partial charge in [-0.25, -0.2) is 4.98 Å². The van der Waals surface area contributed by atoms with Crippen molar-refractivity contribution >= 4 is 22.9 Å². The van der Waals surface area contributed by atoms with E-state index in [1.807, 2.05) is 0 Å². The van der Waals surface area contributed by atoms with Crippen molar-refractivity contribution in [3.05, 3.63) is 34.3 Å². The summed E-state index contributed by atoms with van der Waals surface area (Å²) < 4.78 is 51.3. The summed E-state index contributed by atoms with van der Waals surface area (Å²) in [6.45, 7) is 5.81. The number of aromatic nitrogens is 1. The number of thiazole rings is 1. The van der Waals surface area contributed by atoms with Crippen LogP contribution in [0.2, 0.25) is 0 Å². The van der Waals surface area contributed by atoms with Crippen molar-refractivity contribution in [2.45, 2.75) is 39.0 Å². The van der Waals surface area contributed by atoms with Gasteiger partial charge in [-0.1, -0.05) is 0 Å². The van der Waals surface area contributed by atoms with Gasteiger partial charge in [0.1, 0.15) is 5.01 Å². The van der Waals surface area contributed by atoms with Gasteiger partial charge >= 0.3 is 6.18 Å². The monoisotopic (exact) mass is 418 g/mol. The minimum atomic E-state index is -5.07. The highest BCUT2D eigenvalue weighted by Gasteiger charge is 2.58. The third kappa shape index (κ3) is 4.93. The van der Waals surface area contributed by atoms with Gasteiger partial charge in [0, 0.05) is 22.8 Å². The molecule has 1 amide bonds. The molecule has 0 aliphatic heterocycles. The highest BCUT2D eigenvalue weighted by molar-refractivity contribution is 7.09. The Morgan fingerprint density at radius 1 is 1.21 bits per heavy atom. The van der Waals surface area contributed by atoms with Crippen LogP contribution in [0.15, 0.2) is 23.6 Å². The Kier molecular flexibility index (Phi) is 6.89. The van der Waals surface area contributed by atoms with Crippen LogP contribution < -0.4 is 14.8 Å². The second-order valence-electron chi connectivity index (χ2n) is 5.90. The van der Waals surface area contributed by atoms with Crippen LogP contribution >= 0.6 is 11.3 Å². The molecule has 2 N–H and O–H groups in total. The number of nitrogens with one attached hydrogen (secondary N) is 1. The highest BCUT2D eigenvalue weighted by Crippen LogP contribution is 2.43. The van der Waals surface area contributed by atoms with Crippen LogP contribution in [0.5, 0.6) is 11.5 Å². The van der Waals surface area contributed by atoms with Crippen molar-refractivity contribution in [1.82, 2.24) is 4.98 Å². The quantitative estimate of drug-likeness (QED) is 0.677. The molecule has 1 atom stereocenters. The predicted octanol–water partition coefficient (Wildman–Crippen LogP) is 4.03. The molecule has 2 rings (SSSR count). The SMILES string of the molecule is CCOc1ccc(NC(=O)CC(O)(c2nc(C)cs2)C(F)(F)F)cc1OCC. The normalized spacial score (nSPS) is 13.7. The molecule has 1 aromatic heterocycles.